The summed E-state index contributed by atoms with van der Waals surface area (Å²) in [5.74, 6) is 0.429. The van der Waals surface area contributed by atoms with Crippen LogP contribution in [-0.2, 0) is 4.74 Å². The van der Waals surface area contributed by atoms with E-state index in [0.29, 0.717) is 34.7 Å². The Hall–Kier alpha value is -1.70. The van der Waals surface area contributed by atoms with Crippen molar-refractivity contribution >= 4 is 41.0 Å². The van der Waals surface area contributed by atoms with E-state index in [4.69, 9.17) is 27.9 Å². The Morgan fingerprint density at radius 3 is 2.42 bits per heavy atom. The molecule has 7 nitrogen and oxygen atoms in total. The van der Waals surface area contributed by atoms with Crippen LogP contribution < -0.4 is 5.32 Å². The highest BCUT2D eigenvalue weighted by Crippen LogP contribution is 2.25. The summed E-state index contributed by atoms with van der Waals surface area (Å²) in [6, 6.07) is 4.92. The lowest BCUT2D eigenvalue weighted by atomic mass is 9.97. The number of amides is 3. The number of anilines is 1. The van der Waals surface area contributed by atoms with Crippen LogP contribution in [0.3, 0.4) is 0 Å². The fourth-order valence-corrected chi connectivity index (χ4v) is 4.28. The van der Waals surface area contributed by atoms with Gasteiger partial charge < -0.3 is 19.9 Å². The monoisotopic (exact) mass is 470 g/mol. The van der Waals surface area contributed by atoms with Crippen molar-refractivity contribution in [2.24, 2.45) is 5.92 Å². The summed E-state index contributed by atoms with van der Waals surface area (Å²) >= 11 is 11.9. The summed E-state index contributed by atoms with van der Waals surface area (Å²) in [6.07, 6.45) is 1.88. The third-order valence-electron chi connectivity index (χ3n) is 5.52. The zero-order valence-electron chi connectivity index (χ0n) is 18.5. The second-order valence-electron chi connectivity index (χ2n) is 9.28. The molecule has 1 aromatic rings. The number of halogens is 2. The number of hydrogen-bond acceptors (Lipinski definition) is 4. The van der Waals surface area contributed by atoms with Crippen LogP contribution in [-0.4, -0.2) is 78.2 Å². The van der Waals surface area contributed by atoms with E-state index in [1.165, 1.54) is 0 Å². The minimum Gasteiger partial charge on any atom is -0.444 e. The van der Waals surface area contributed by atoms with Crippen LogP contribution in [0.15, 0.2) is 18.2 Å². The normalized spacial score (nSPS) is 20.5. The maximum absolute atomic E-state index is 12.6. The number of benzene rings is 1. The summed E-state index contributed by atoms with van der Waals surface area (Å²) in [5, 5.41) is 3.75. The molecule has 1 aromatic carbocycles. The summed E-state index contributed by atoms with van der Waals surface area (Å²) in [6.45, 7) is 11.1. The molecule has 0 saturated carbocycles. The first-order valence-electron chi connectivity index (χ1n) is 10.8. The molecule has 3 rings (SSSR count). The molecule has 1 N–H and O–H groups in total. The standard InChI is InChI=1S/C22H32Cl2N4O3/c1-22(2,3)31-21(30)28-8-4-5-16(15-28)14-26-9-11-27(12-10-26)20(29)25-17-6-7-18(23)19(24)13-17/h6-7,13,16H,4-5,8-12,14-15H2,1-3H3,(H,25,29)/t16-/m0/s1. The molecule has 9 heteroatoms. The number of rotatable bonds is 3. The van der Waals surface area contributed by atoms with Crippen LogP contribution in [0.5, 0.6) is 0 Å². The molecule has 0 radical (unpaired) electrons. The van der Waals surface area contributed by atoms with E-state index in [-0.39, 0.29) is 12.1 Å². The highest BCUT2D eigenvalue weighted by molar-refractivity contribution is 6.42. The number of nitrogens with zero attached hydrogens (tertiary/aromatic N) is 3. The summed E-state index contributed by atoms with van der Waals surface area (Å²) in [7, 11) is 0. The molecule has 0 spiro atoms. The minimum atomic E-state index is -0.474. The Labute approximate surface area is 194 Å². The van der Waals surface area contributed by atoms with E-state index in [1.54, 1.807) is 18.2 Å². The number of carbonyl (C=O) groups excluding carboxylic acids is 2. The van der Waals surface area contributed by atoms with Crippen molar-refractivity contribution in [1.29, 1.82) is 0 Å². The molecular weight excluding hydrogens is 439 g/mol. The van der Waals surface area contributed by atoms with E-state index in [9.17, 15) is 9.59 Å². The molecule has 0 bridgehead atoms. The number of ether oxygens (including phenoxy) is 1. The molecule has 2 aliphatic rings. The van der Waals surface area contributed by atoms with Crippen LogP contribution in [0.25, 0.3) is 0 Å². The lowest BCUT2D eigenvalue weighted by Gasteiger charge is -2.39. The zero-order chi connectivity index (χ0) is 22.6. The average Bonchev–Trinajstić information content (AvgIpc) is 2.70. The average molecular weight is 471 g/mol. The molecule has 3 amide bonds. The number of likely N-dealkylation sites (tertiary alicyclic amines) is 1. The Balaban J connectivity index is 1.43. The lowest BCUT2D eigenvalue weighted by Crippen LogP contribution is -2.52. The molecule has 1 atom stereocenters. The van der Waals surface area contributed by atoms with E-state index in [0.717, 1.165) is 45.6 Å². The van der Waals surface area contributed by atoms with E-state index in [1.807, 2.05) is 30.6 Å². The third kappa shape index (κ3) is 7.16. The molecule has 2 fully saturated rings. The smallest absolute Gasteiger partial charge is 0.410 e. The van der Waals surface area contributed by atoms with Crippen LogP contribution >= 0.6 is 23.2 Å². The van der Waals surface area contributed by atoms with Gasteiger partial charge in [-0.05, 0) is 57.7 Å². The minimum absolute atomic E-state index is 0.133. The van der Waals surface area contributed by atoms with Crippen molar-refractivity contribution in [1.82, 2.24) is 14.7 Å². The van der Waals surface area contributed by atoms with E-state index < -0.39 is 5.60 Å². The molecule has 2 aliphatic heterocycles. The van der Waals surface area contributed by atoms with Gasteiger partial charge in [0, 0.05) is 51.5 Å². The van der Waals surface area contributed by atoms with Gasteiger partial charge in [0.1, 0.15) is 5.60 Å². The number of piperazine rings is 1. The summed E-state index contributed by atoms with van der Waals surface area (Å²) in [4.78, 5) is 31.0. The lowest BCUT2D eigenvalue weighted by molar-refractivity contribution is 0.0134. The van der Waals surface area contributed by atoms with Crippen molar-refractivity contribution in [3.8, 4) is 0 Å². The van der Waals surface area contributed by atoms with Gasteiger partial charge in [0.2, 0.25) is 0 Å². The van der Waals surface area contributed by atoms with Crippen molar-refractivity contribution in [2.75, 3.05) is 51.1 Å². The van der Waals surface area contributed by atoms with Crippen molar-refractivity contribution in [3.05, 3.63) is 28.2 Å². The first-order valence-corrected chi connectivity index (χ1v) is 11.6. The Morgan fingerprint density at radius 2 is 1.77 bits per heavy atom. The van der Waals surface area contributed by atoms with Crippen LogP contribution in [0.4, 0.5) is 15.3 Å². The Morgan fingerprint density at radius 1 is 1.06 bits per heavy atom. The van der Waals surface area contributed by atoms with Crippen molar-refractivity contribution in [2.45, 2.75) is 39.2 Å². The van der Waals surface area contributed by atoms with E-state index in [2.05, 4.69) is 10.2 Å². The predicted octanol–water partition coefficient (Wildman–Crippen LogP) is 4.79. The van der Waals surface area contributed by atoms with Gasteiger partial charge in [0.05, 0.1) is 10.0 Å². The Bertz CT molecular complexity index is 791. The molecule has 0 aliphatic carbocycles. The third-order valence-corrected chi connectivity index (χ3v) is 6.26. The Kier molecular flexibility index (Phi) is 7.94. The highest BCUT2D eigenvalue weighted by Gasteiger charge is 2.30. The summed E-state index contributed by atoms with van der Waals surface area (Å²) in [5.41, 5.74) is 0.157. The van der Waals surface area contributed by atoms with Gasteiger partial charge in [0.15, 0.2) is 0 Å². The first-order chi connectivity index (χ1) is 14.6. The largest absolute Gasteiger partial charge is 0.444 e. The molecular formula is C22H32Cl2N4O3. The van der Waals surface area contributed by atoms with Gasteiger partial charge in [-0.2, -0.15) is 0 Å². The second kappa shape index (κ2) is 10.3. The quantitative estimate of drug-likeness (QED) is 0.689. The van der Waals surface area contributed by atoms with Crippen molar-refractivity contribution < 1.29 is 14.3 Å². The van der Waals surface area contributed by atoms with Gasteiger partial charge in [-0.15, -0.1) is 0 Å². The molecule has 2 saturated heterocycles. The maximum Gasteiger partial charge on any atom is 0.410 e. The van der Waals surface area contributed by atoms with Gasteiger partial charge in [0.25, 0.3) is 0 Å². The van der Waals surface area contributed by atoms with Gasteiger partial charge >= 0.3 is 12.1 Å². The zero-order valence-corrected chi connectivity index (χ0v) is 20.0. The molecule has 2 heterocycles. The summed E-state index contributed by atoms with van der Waals surface area (Å²) < 4.78 is 5.53. The SMILES string of the molecule is CC(C)(C)OC(=O)N1CCC[C@@H](CN2CCN(C(=O)Nc3ccc(Cl)c(Cl)c3)CC2)C1. The van der Waals surface area contributed by atoms with Gasteiger partial charge in [-0.25, -0.2) is 9.59 Å². The molecule has 0 unspecified atom stereocenters. The first kappa shape index (κ1) is 24.0. The highest BCUT2D eigenvalue weighted by atomic mass is 35.5. The van der Waals surface area contributed by atoms with Crippen LogP contribution in [0.1, 0.15) is 33.6 Å². The van der Waals surface area contributed by atoms with Crippen molar-refractivity contribution in [3.63, 3.8) is 0 Å². The number of carbonyl (C=O) groups is 2. The van der Waals surface area contributed by atoms with E-state index >= 15 is 0 Å². The van der Waals surface area contributed by atoms with Gasteiger partial charge in [-0.1, -0.05) is 23.2 Å². The number of urea groups is 1. The van der Waals surface area contributed by atoms with Crippen LogP contribution in [0, 0.1) is 5.92 Å². The maximum atomic E-state index is 12.6. The molecule has 0 aromatic heterocycles. The number of hydrogen-bond donors (Lipinski definition) is 1. The molecule has 172 valence electrons. The number of piperidine rings is 1. The fourth-order valence-electron chi connectivity index (χ4n) is 3.98. The fraction of sp³-hybridized carbons (Fsp3) is 0.636. The number of nitrogens with one attached hydrogen (secondary N) is 1. The van der Waals surface area contributed by atoms with Crippen LogP contribution in [0.2, 0.25) is 10.0 Å². The second-order valence-corrected chi connectivity index (χ2v) is 10.1. The topological polar surface area (TPSA) is 65.1 Å². The molecule has 31 heavy (non-hydrogen) atoms. The predicted molar refractivity (Wildman–Crippen MR) is 124 cm³/mol. The van der Waals surface area contributed by atoms with Gasteiger partial charge in [-0.3, -0.25) is 4.90 Å².